The minimum atomic E-state index is -0.307. The van der Waals surface area contributed by atoms with Gasteiger partial charge in [0.05, 0.1) is 0 Å². The maximum atomic E-state index is 12.3. The molecule has 2 atom stereocenters. The van der Waals surface area contributed by atoms with E-state index in [1.165, 1.54) is 5.57 Å². The highest BCUT2D eigenvalue weighted by atomic mass is 16.5. The van der Waals surface area contributed by atoms with Crippen LogP contribution in [0.4, 0.5) is 0 Å². The molecule has 0 amide bonds. The number of ketones is 1. The Morgan fingerprint density at radius 2 is 2.09 bits per heavy atom. The molecule has 0 aliphatic heterocycles. The van der Waals surface area contributed by atoms with Crippen molar-refractivity contribution in [3.8, 4) is 0 Å². The third kappa shape index (κ3) is 6.55. The third-order valence-corrected chi connectivity index (χ3v) is 4.49. The summed E-state index contributed by atoms with van der Waals surface area (Å²) in [6, 6.07) is 0. The van der Waals surface area contributed by atoms with E-state index in [0.29, 0.717) is 11.5 Å². The van der Waals surface area contributed by atoms with E-state index in [-0.39, 0.29) is 24.3 Å². The molecular weight excluding hydrogens is 288 g/mol. The standard InChI is InChI=1S/C20H30O3/c1-6-15(4)20(22)23-13-17-10-11-18(19(21)12-17)16(5)9-7-8-14(2)3/h6,8,12,16,18H,7,9-11,13H2,1-5H3. The van der Waals surface area contributed by atoms with Crippen LogP contribution in [0, 0.1) is 11.8 Å². The molecule has 2 unspecified atom stereocenters. The van der Waals surface area contributed by atoms with Gasteiger partial charge in [-0.2, -0.15) is 0 Å². The summed E-state index contributed by atoms with van der Waals surface area (Å²) in [5, 5.41) is 0. The summed E-state index contributed by atoms with van der Waals surface area (Å²) in [4.78, 5) is 24.0. The predicted octanol–water partition coefficient (Wildman–Crippen LogP) is 4.78. The van der Waals surface area contributed by atoms with Gasteiger partial charge in [0.15, 0.2) is 5.78 Å². The lowest BCUT2D eigenvalue weighted by Gasteiger charge is -2.26. The first-order chi connectivity index (χ1) is 10.8. The summed E-state index contributed by atoms with van der Waals surface area (Å²) >= 11 is 0. The van der Waals surface area contributed by atoms with Crippen molar-refractivity contribution in [1.82, 2.24) is 0 Å². The van der Waals surface area contributed by atoms with E-state index >= 15 is 0 Å². The minimum absolute atomic E-state index is 0.109. The van der Waals surface area contributed by atoms with Crippen LogP contribution in [0.25, 0.3) is 0 Å². The summed E-state index contributed by atoms with van der Waals surface area (Å²) in [6.07, 6.45) is 9.43. The van der Waals surface area contributed by atoms with Crippen LogP contribution in [0.15, 0.2) is 34.9 Å². The van der Waals surface area contributed by atoms with E-state index in [1.807, 2.05) is 0 Å². The van der Waals surface area contributed by atoms with Crippen molar-refractivity contribution in [2.75, 3.05) is 6.61 Å². The second-order valence-corrected chi connectivity index (χ2v) is 6.73. The molecule has 0 radical (unpaired) electrons. The molecule has 0 spiro atoms. The molecule has 0 saturated carbocycles. The number of hydrogen-bond acceptors (Lipinski definition) is 3. The van der Waals surface area contributed by atoms with Gasteiger partial charge in [-0.05, 0) is 70.9 Å². The zero-order valence-corrected chi connectivity index (χ0v) is 15.1. The molecule has 0 saturated heterocycles. The van der Waals surface area contributed by atoms with Crippen LogP contribution in [0.5, 0.6) is 0 Å². The van der Waals surface area contributed by atoms with Gasteiger partial charge in [0.1, 0.15) is 6.61 Å². The van der Waals surface area contributed by atoms with Crippen molar-refractivity contribution >= 4 is 11.8 Å². The average molecular weight is 318 g/mol. The van der Waals surface area contributed by atoms with Crippen LogP contribution < -0.4 is 0 Å². The Labute approximate surface area is 140 Å². The number of allylic oxidation sites excluding steroid dienone is 4. The third-order valence-electron chi connectivity index (χ3n) is 4.49. The van der Waals surface area contributed by atoms with Gasteiger partial charge < -0.3 is 4.74 Å². The van der Waals surface area contributed by atoms with E-state index in [0.717, 1.165) is 31.3 Å². The van der Waals surface area contributed by atoms with Crippen LogP contribution in [-0.2, 0) is 14.3 Å². The van der Waals surface area contributed by atoms with Gasteiger partial charge >= 0.3 is 5.97 Å². The Kier molecular flexibility index (Phi) is 8.01. The monoisotopic (exact) mass is 318 g/mol. The van der Waals surface area contributed by atoms with E-state index in [1.54, 1.807) is 26.0 Å². The summed E-state index contributed by atoms with van der Waals surface area (Å²) < 4.78 is 5.23. The van der Waals surface area contributed by atoms with Crippen molar-refractivity contribution < 1.29 is 14.3 Å². The van der Waals surface area contributed by atoms with Gasteiger partial charge in [-0.3, -0.25) is 4.79 Å². The second-order valence-electron chi connectivity index (χ2n) is 6.73. The van der Waals surface area contributed by atoms with Gasteiger partial charge in [0.25, 0.3) is 0 Å². The number of rotatable bonds is 7. The van der Waals surface area contributed by atoms with Gasteiger partial charge in [-0.25, -0.2) is 4.79 Å². The number of esters is 1. The Bertz CT molecular complexity index is 519. The number of carbonyl (C=O) groups excluding carboxylic acids is 2. The zero-order chi connectivity index (χ0) is 17.4. The highest BCUT2D eigenvalue weighted by Gasteiger charge is 2.27. The van der Waals surface area contributed by atoms with Crippen molar-refractivity contribution in [2.45, 2.75) is 60.3 Å². The van der Waals surface area contributed by atoms with Gasteiger partial charge in [-0.1, -0.05) is 24.6 Å². The Hall–Kier alpha value is -1.64. The first-order valence-electron chi connectivity index (χ1n) is 8.51. The molecule has 0 bridgehead atoms. The van der Waals surface area contributed by atoms with Crippen LogP contribution in [0.2, 0.25) is 0 Å². The van der Waals surface area contributed by atoms with Crippen LogP contribution in [-0.4, -0.2) is 18.4 Å². The SMILES string of the molecule is CC=C(C)C(=O)OCC1=CC(=O)C(C(C)CCC=C(C)C)CC1. The summed E-state index contributed by atoms with van der Waals surface area (Å²) in [5.74, 6) is 0.383. The normalized spacial score (nSPS) is 19.9. The molecule has 128 valence electrons. The Morgan fingerprint density at radius 1 is 1.39 bits per heavy atom. The first-order valence-corrected chi connectivity index (χ1v) is 8.51. The lowest BCUT2D eigenvalue weighted by Crippen LogP contribution is -2.25. The maximum absolute atomic E-state index is 12.3. The molecule has 0 heterocycles. The molecular formula is C20H30O3. The molecule has 1 rings (SSSR count). The second kappa shape index (κ2) is 9.49. The van der Waals surface area contributed by atoms with E-state index in [2.05, 4.69) is 26.8 Å². The predicted molar refractivity (Wildman–Crippen MR) is 94.0 cm³/mol. The van der Waals surface area contributed by atoms with Gasteiger partial charge in [0, 0.05) is 11.5 Å². The summed E-state index contributed by atoms with van der Waals surface area (Å²) in [6.45, 7) is 10.1. The van der Waals surface area contributed by atoms with Crippen LogP contribution in [0.1, 0.15) is 60.3 Å². The van der Waals surface area contributed by atoms with Gasteiger partial charge in [0.2, 0.25) is 0 Å². The van der Waals surface area contributed by atoms with Gasteiger partial charge in [-0.15, -0.1) is 0 Å². The molecule has 3 heteroatoms. The molecule has 0 aromatic rings. The van der Waals surface area contributed by atoms with Crippen molar-refractivity contribution in [1.29, 1.82) is 0 Å². The molecule has 0 fully saturated rings. The molecule has 1 aliphatic rings. The molecule has 23 heavy (non-hydrogen) atoms. The first kappa shape index (κ1) is 19.4. The lowest BCUT2D eigenvalue weighted by molar-refractivity contribution is -0.138. The van der Waals surface area contributed by atoms with E-state index in [9.17, 15) is 9.59 Å². The number of carbonyl (C=O) groups is 2. The smallest absolute Gasteiger partial charge is 0.333 e. The fraction of sp³-hybridized carbons (Fsp3) is 0.600. The van der Waals surface area contributed by atoms with Crippen molar-refractivity contribution in [3.05, 3.63) is 34.9 Å². The quantitative estimate of drug-likeness (QED) is 0.385. The zero-order valence-electron chi connectivity index (χ0n) is 15.1. The fourth-order valence-electron chi connectivity index (χ4n) is 2.77. The van der Waals surface area contributed by atoms with Crippen LogP contribution >= 0.6 is 0 Å². The highest BCUT2D eigenvalue weighted by molar-refractivity contribution is 5.93. The van der Waals surface area contributed by atoms with Crippen molar-refractivity contribution in [3.63, 3.8) is 0 Å². The highest BCUT2D eigenvalue weighted by Crippen LogP contribution is 2.30. The fourth-order valence-corrected chi connectivity index (χ4v) is 2.77. The minimum Gasteiger partial charge on any atom is -0.458 e. The summed E-state index contributed by atoms with van der Waals surface area (Å²) in [7, 11) is 0. The average Bonchev–Trinajstić information content (AvgIpc) is 2.51. The van der Waals surface area contributed by atoms with Crippen molar-refractivity contribution in [2.24, 2.45) is 11.8 Å². The molecule has 0 N–H and O–H groups in total. The Balaban J connectivity index is 2.51. The lowest BCUT2D eigenvalue weighted by atomic mass is 9.79. The number of ether oxygens (including phenoxy) is 1. The largest absolute Gasteiger partial charge is 0.458 e. The maximum Gasteiger partial charge on any atom is 0.333 e. The van der Waals surface area contributed by atoms with E-state index in [4.69, 9.17) is 4.74 Å². The molecule has 1 aliphatic carbocycles. The topological polar surface area (TPSA) is 43.4 Å². The number of hydrogen-bond donors (Lipinski definition) is 0. The van der Waals surface area contributed by atoms with Crippen LogP contribution in [0.3, 0.4) is 0 Å². The molecule has 0 aromatic heterocycles. The summed E-state index contributed by atoms with van der Waals surface area (Å²) in [5.41, 5.74) is 2.85. The molecule has 3 nitrogen and oxygen atoms in total. The molecule has 0 aromatic carbocycles. The Morgan fingerprint density at radius 3 is 2.65 bits per heavy atom. The van der Waals surface area contributed by atoms with E-state index < -0.39 is 0 Å².